The zero-order valence-electron chi connectivity index (χ0n) is 6.45. The number of hydrogen-bond acceptors (Lipinski definition) is 3. The van der Waals surface area contributed by atoms with E-state index in [1.165, 1.54) is 0 Å². The van der Waals surface area contributed by atoms with Crippen LogP contribution in [0.2, 0.25) is 0 Å². The van der Waals surface area contributed by atoms with Crippen molar-refractivity contribution >= 4 is 30.8 Å². The summed E-state index contributed by atoms with van der Waals surface area (Å²) in [5, 5.41) is 11.3. The highest BCUT2D eigenvalue weighted by molar-refractivity contribution is 5.85. The molecule has 2 amide bonds. The van der Waals surface area contributed by atoms with E-state index in [0.29, 0.717) is 13.1 Å². The fourth-order valence-corrected chi connectivity index (χ4v) is 0.939. The van der Waals surface area contributed by atoms with Gasteiger partial charge < -0.3 is 10.2 Å². The maximum absolute atomic E-state index is 10.7. The van der Waals surface area contributed by atoms with Crippen LogP contribution in [0.15, 0.2) is 0 Å². The third-order valence-corrected chi connectivity index (χ3v) is 1.50. The Hall–Kier alpha value is -0.230. The number of piperazine rings is 1. The van der Waals surface area contributed by atoms with Gasteiger partial charge in [0.2, 0.25) is 0 Å². The molecule has 0 aromatic rings. The summed E-state index contributed by atoms with van der Waals surface area (Å²) in [7, 11) is 0. The number of nitrogens with zero attached hydrogens (tertiary/aromatic N) is 1. The molecule has 0 spiro atoms. The SMILES string of the molecule is Cl.Cl.O=C(NO)N1CCNCC1. The van der Waals surface area contributed by atoms with Gasteiger partial charge in [-0.25, -0.2) is 10.3 Å². The van der Waals surface area contributed by atoms with Crippen LogP contribution >= 0.6 is 24.8 Å². The van der Waals surface area contributed by atoms with Crippen LogP contribution in [0, 0.1) is 0 Å². The molecule has 1 saturated heterocycles. The monoisotopic (exact) mass is 217 g/mol. The maximum Gasteiger partial charge on any atom is 0.341 e. The van der Waals surface area contributed by atoms with E-state index in [-0.39, 0.29) is 24.8 Å². The second-order valence-corrected chi connectivity index (χ2v) is 2.15. The minimum Gasteiger partial charge on any atom is -0.321 e. The molecule has 0 atom stereocenters. The summed E-state index contributed by atoms with van der Waals surface area (Å²) in [5.41, 5.74) is 1.59. The maximum atomic E-state index is 10.7. The first-order valence-electron chi connectivity index (χ1n) is 3.24. The lowest BCUT2D eigenvalue weighted by molar-refractivity contribution is 0.125. The molecule has 74 valence electrons. The van der Waals surface area contributed by atoms with Gasteiger partial charge in [-0.05, 0) is 0 Å². The molecule has 0 bridgehead atoms. The van der Waals surface area contributed by atoms with Crippen LogP contribution in [0.25, 0.3) is 0 Å². The van der Waals surface area contributed by atoms with Crippen molar-refractivity contribution in [3.05, 3.63) is 0 Å². The summed E-state index contributed by atoms with van der Waals surface area (Å²) in [6.07, 6.45) is 0. The molecule has 0 aliphatic carbocycles. The zero-order chi connectivity index (χ0) is 7.40. The van der Waals surface area contributed by atoms with Crippen molar-refractivity contribution in [2.24, 2.45) is 0 Å². The largest absolute Gasteiger partial charge is 0.341 e. The number of nitrogens with one attached hydrogen (secondary N) is 2. The van der Waals surface area contributed by atoms with E-state index in [1.807, 2.05) is 0 Å². The molecule has 0 aromatic heterocycles. The predicted molar refractivity (Wildman–Crippen MR) is 49.3 cm³/mol. The van der Waals surface area contributed by atoms with E-state index in [2.05, 4.69) is 5.32 Å². The second kappa shape index (κ2) is 7.42. The molecule has 5 nitrogen and oxygen atoms in total. The van der Waals surface area contributed by atoms with Crippen LogP contribution in [-0.2, 0) is 0 Å². The fourth-order valence-electron chi connectivity index (χ4n) is 0.939. The molecule has 12 heavy (non-hydrogen) atoms. The highest BCUT2D eigenvalue weighted by atomic mass is 35.5. The van der Waals surface area contributed by atoms with E-state index >= 15 is 0 Å². The molecule has 0 aromatic carbocycles. The van der Waals surface area contributed by atoms with Gasteiger partial charge in [-0.2, -0.15) is 0 Å². The third kappa shape index (κ3) is 3.96. The Kier molecular flexibility index (Phi) is 8.84. The van der Waals surface area contributed by atoms with Crippen molar-refractivity contribution in [2.45, 2.75) is 0 Å². The number of hydrogen-bond donors (Lipinski definition) is 3. The van der Waals surface area contributed by atoms with E-state index < -0.39 is 6.03 Å². The average molecular weight is 218 g/mol. The smallest absolute Gasteiger partial charge is 0.321 e. The highest BCUT2D eigenvalue weighted by Crippen LogP contribution is 1.90. The Bertz CT molecular complexity index is 130. The van der Waals surface area contributed by atoms with Crippen LogP contribution in [0.3, 0.4) is 0 Å². The lowest BCUT2D eigenvalue weighted by Crippen LogP contribution is -2.49. The topological polar surface area (TPSA) is 64.6 Å². The molecule has 3 N–H and O–H groups in total. The summed E-state index contributed by atoms with van der Waals surface area (Å²) >= 11 is 0. The Morgan fingerprint density at radius 3 is 2.25 bits per heavy atom. The lowest BCUT2D eigenvalue weighted by atomic mass is 10.4. The Morgan fingerprint density at radius 2 is 1.83 bits per heavy atom. The molecule has 1 aliphatic heterocycles. The molecule has 1 heterocycles. The van der Waals surface area contributed by atoms with Crippen molar-refractivity contribution in [3.63, 3.8) is 0 Å². The third-order valence-electron chi connectivity index (χ3n) is 1.50. The molecule has 0 saturated carbocycles. The first-order valence-corrected chi connectivity index (χ1v) is 3.24. The quantitative estimate of drug-likeness (QED) is 0.391. The molecular weight excluding hydrogens is 205 g/mol. The fraction of sp³-hybridized carbons (Fsp3) is 0.800. The van der Waals surface area contributed by atoms with Crippen molar-refractivity contribution in [1.82, 2.24) is 15.7 Å². The first-order chi connectivity index (χ1) is 4.84. The number of halogens is 2. The minimum atomic E-state index is -0.415. The molecule has 1 aliphatic rings. The number of carbonyl (C=O) groups is 1. The second-order valence-electron chi connectivity index (χ2n) is 2.15. The van der Waals surface area contributed by atoms with Gasteiger partial charge in [0, 0.05) is 26.2 Å². The van der Waals surface area contributed by atoms with Gasteiger partial charge in [0.15, 0.2) is 0 Å². The summed E-state index contributed by atoms with van der Waals surface area (Å²) < 4.78 is 0. The molecule has 1 fully saturated rings. The average Bonchev–Trinajstić information content (AvgIpc) is 2.05. The summed E-state index contributed by atoms with van der Waals surface area (Å²) in [4.78, 5) is 12.3. The molecule has 7 heteroatoms. The molecule has 1 rings (SSSR count). The Morgan fingerprint density at radius 1 is 1.33 bits per heavy atom. The van der Waals surface area contributed by atoms with Crippen LogP contribution in [0.4, 0.5) is 4.79 Å². The van der Waals surface area contributed by atoms with E-state index in [9.17, 15) is 4.79 Å². The van der Waals surface area contributed by atoms with Gasteiger partial charge in [0.05, 0.1) is 0 Å². The number of urea groups is 1. The summed E-state index contributed by atoms with van der Waals surface area (Å²) in [5.74, 6) is 0. The van der Waals surface area contributed by atoms with E-state index in [1.54, 1.807) is 10.4 Å². The normalized spacial score (nSPS) is 15.6. The van der Waals surface area contributed by atoms with Gasteiger partial charge in [-0.1, -0.05) is 0 Å². The number of amides is 2. The van der Waals surface area contributed by atoms with Gasteiger partial charge >= 0.3 is 6.03 Å². The van der Waals surface area contributed by atoms with Gasteiger partial charge in [0.1, 0.15) is 0 Å². The van der Waals surface area contributed by atoms with E-state index in [4.69, 9.17) is 5.21 Å². The van der Waals surface area contributed by atoms with Crippen molar-refractivity contribution < 1.29 is 10.0 Å². The molecule has 0 radical (unpaired) electrons. The van der Waals surface area contributed by atoms with Crippen molar-refractivity contribution in [3.8, 4) is 0 Å². The number of hydroxylamine groups is 1. The van der Waals surface area contributed by atoms with Gasteiger partial charge in [0.25, 0.3) is 0 Å². The Labute approximate surface area is 83.3 Å². The number of rotatable bonds is 0. The van der Waals surface area contributed by atoms with Gasteiger partial charge in [-0.3, -0.25) is 5.21 Å². The van der Waals surface area contributed by atoms with Crippen LogP contribution < -0.4 is 10.8 Å². The Balaban J connectivity index is 0. The summed E-state index contributed by atoms with van der Waals surface area (Å²) in [6.45, 7) is 2.92. The van der Waals surface area contributed by atoms with Crippen molar-refractivity contribution in [1.29, 1.82) is 0 Å². The van der Waals surface area contributed by atoms with Crippen molar-refractivity contribution in [2.75, 3.05) is 26.2 Å². The predicted octanol–water partition coefficient (Wildman–Crippen LogP) is -0.166. The molecular formula is C5H13Cl2N3O2. The zero-order valence-corrected chi connectivity index (χ0v) is 8.08. The highest BCUT2D eigenvalue weighted by Gasteiger charge is 2.14. The standard InChI is InChI=1S/C5H11N3O2.2ClH/c9-5(7-10)8-3-1-6-2-4-8;;/h6,10H,1-4H2,(H,7,9);2*1H. The lowest BCUT2D eigenvalue weighted by Gasteiger charge is -2.26. The number of carbonyl (C=O) groups excluding carboxylic acids is 1. The first kappa shape index (κ1) is 14.3. The molecule has 0 unspecified atom stereocenters. The van der Waals surface area contributed by atoms with Crippen LogP contribution in [0.5, 0.6) is 0 Å². The van der Waals surface area contributed by atoms with E-state index in [0.717, 1.165) is 13.1 Å². The van der Waals surface area contributed by atoms with Crippen LogP contribution in [0.1, 0.15) is 0 Å². The van der Waals surface area contributed by atoms with Gasteiger partial charge in [-0.15, -0.1) is 24.8 Å². The minimum absolute atomic E-state index is 0. The summed E-state index contributed by atoms with van der Waals surface area (Å²) in [6, 6.07) is -0.415. The van der Waals surface area contributed by atoms with Crippen LogP contribution in [-0.4, -0.2) is 42.3 Å².